The Morgan fingerprint density at radius 1 is 1.10 bits per heavy atom. The summed E-state index contributed by atoms with van der Waals surface area (Å²) in [5, 5.41) is 11.7. The zero-order valence-corrected chi connectivity index (χ0v) is 17.7. The fourth-order valence-electron chi connectivity index (χ4n) is 4.49. The van der Waals surface area contributed by atoms with Crippen LogP contribution in [-0.4, -0.2) is 49.4 Å². The minimum Gasteiger partial charge on any atom is -0.337 e. The van der Waals surface area contributed by atoms with Gasteiger partial charge in [-0.1, -0.05) is 30.3 Å². The molecule has 9 heteroatoms. The number of benzene rings is 1. The highest BCUT2D eigenvalue weighted by atomic mass is 16.2. The highest BCUT2D eigenvalue weighted by Crippen LogP contribution is 2.31. The second kappa shape index (κ2) is 7.64. The van der Waals surface area contributed by atoms with E-state index in [1.807, 2.05) is 35.9 Å². The average molecular weight is 419 g/mol. The number of hydrogen-bond donors (Lipinski definition) is 1. The minimum atomic E-state index is -0.648. The average Bonchev–Trinajstić information content (AvgIpc) is 3.37. The van der Waals surface area contributed by atoms with E-state index in [1.165, 1.54) is 5.56 Å². The van der Waals surface area contributed by atoms with Crippen LogP contribution in [0, 0.1) is 6.92 Å². The molecule has 1 unspecified atom stereocenters. The second-order valence-corrected chi connectivity index (χ2v) is 8.20. The monoisotopic (exact) mass is 419 g/mol. The van der Waals surface area contributed by atoms with Gasteiger partial charge in [0.1, 0.15) is 17.7 Å². The Balaban J connectivity index is 1.35. The predicted octanol–water partition coefficient (Wildman–Crippen LogP) is 1.87. The van der Waals surface area contributed by atoms with Gasteiger partial charge in [-0.2, -0.15) is 5.10 Å². The molecule has 4 heterocycles. The number of amides is 2. The Kier molecular flexibility index (Phi) is 4.80. The molecule has 31 heavy (non-hydrogen) atoms. The largest absolute Gasteiger partial charge is 0.337 e. The summed E-state index contributed by atoms with van der Waals surface area (Å²) >= 11 is 0. The van der Waals surface area contributed by atoms with Crippen molar-refractivity contribution in [3.63, 3.8) is 0 Å². The molecule has 160 valence electrons. The first-order valence-electron chi connectivity index (χ1n) is 10.6. The highest BCUT2D eigenvalue weighted by molar-refractivity contribution is 6.00. The van der Waals surface area contributed by atoms with Crippen LogP contribution in [0.2, 0.25) is 0 Å². The van der Waals surface area contributed by atoms with Gasteiger partial charge in [0.05, 0.1) is 5.69 Å². The lowest BCUT2D eigenvalue weighted by Crippen LogP contribution is -2.47. The van der Waals surface area contributed by atoms with Crippen molar-refractivity contribution in [1.82, 2.24) is 29.9 Å². The van der Waals surface area contributed by atoms with Gasteiger partial charge in [-0.15, -0.1) is 5.10 Å². The highest BCUT2D eigenvalue weighted by Gasteiger charge is 2.32. The molecule has 0 aliphatic carbocycles. The summed E-state index contributed by atoms with van der Waals surface area (Å²) in [6.45, 7) is 3.19. The molecular formula is C22H25N7O2. The van der Waals surface area contributed by atoms with Crippen LogP contribution in [-0.2, 0) is 17.9 Å². The number of aromatic nitrogens is 5. The van der Waals surface area contributed by atoms with Crippen LogP contribution in [0.25, 0.3) is 0 Å². The molecule has 2 aliphatic heterocycles. The zero-order chi connectivity index (χ0) is 21.5. The van der Waals surface area contributed by atoms with E-state index in [1.54, 1.807) is 16.6 Å². The zero-order valence-electron chi connectivity index (χ0n) is 17.7. The third kappa shape index (κ3) is 3.49. The first-order chi connectivity index (χ1) is 15.0. The summed E-state index contributed by atoms with van der Waals surface area (Å²) in [6.07, 6.45) is 2.41. The molecule has 2 aromatic heterocycles. The van der Waals surface area contributed by atoms with Crippen LogP contribution in [0.5, 0.6) is 0 Å². The van der Waals surface area contributed by atoms with Gasteiger partial charge in [-0.25, -0.2) is 14.3 Å². The summed E-state index contributed by atoms with van der Waals surface area (Å²) in [7, 11) is 1.71. The molecule has 2 amide bonds. The number of carbonyl (C=O) groups excluding carboxylic acids is 2. The van der Waals surface area contributed by atoms with E-state index in [-0.39, 0.29) is 17.6 Å². The van der Waals surface area contributed by atoms with E-state index in [9.17, 15) is 9.59 Å². The van der Waals surface area contributed by atoms with Gasteiger partial charge in [0.2, 0.25) is 5.82 Å². The first kappa shape index (κ1) is 19.5. The number of fused-ring (bicyclic) bond motifs is 2. The van der Waals surface area contributed by atoms with Gasteiger partial charge in [-0.05, 0) is 31.7 Å². The third-order valence-electron chi connectivity index (χ3n) is 6.07. The molecule has 5 rings (SSSR count). The molecule has 1 aromatic carbocycles. The van der Waals surface area contributed by atoms with Gasteiger partial charge >= 0.3 is 0 Å². The molecule has 2 aliphatic rings. The lowest BCUT2D eigenvalue weighted by Gasteiger charge is -2.22. The van der Waals surface area contributed by atoms with Crippen molar-refractivity contribution in [1.29, 1.82) is 0 Å². The van der Waals surface area contributed by atoms with Gasteiger partial charge in [0.15, 0.2) is 0 Å². The van der Waals surface area contributed by atoms with Crippen molar-refractivity contribution in [2.24, 2.45) is 0 Å². The van der Waals surface area contributed by atoms with E-state index < -0.39 is 11.9 Å². The topological polar surface area (TPSA) is 97.9 Å². The van der Waals surface area contributed by atoms with E-state index in [4.69, 9.17) is 0 Å². The standard InChI is InChI=1S/C22H25N7O2/c1-14-13-18-27(2)22(31)17(10-12-28(18)25-14)23-21(30)19-24-20-16(9-6-11-29(20)26-19)15-7-4-3-5-8-15/h3-5,7-8,13,16-17H,6,9-12H2,1-2H3,(H,23,30)/t16?,17-/m0/s1. The van der Waals surface area contributed by atoms with Crippen LogP contribution in [0.4, 0.5) is 5.82 Å². The summed E-state index contributed by atoms with van der Waals surface area (Å²) in [5.41, 5.74) is 2.03. The lowest BCUT2D eigenvalue weighted by atomic mass is 9.91. The molecule has 0 bridgehead atoms. The maximum Gasteiger partial charge on any atom is 0.291 e. The Bertz CT molecular complexity index is 1130. The lowest BCUT2D eigenvalue weighted by molar-refractivity contribution is -0.120. The van der Waals surface area contributed by atoms with Crippen molar-refractivity contribution in [3.8, 4) is 0 Å². The van der Waals surface area contributed by atoms with Crippen LogP contribution in [0.15, 0.2) is 36.4 Å². The maximum atomic E-state index is 13.0. The van der Waals surface area contributed by atoms with Gasteiger partial charge < -0.3 is 5.32 Å². The molecular weight excluding hydrogens is 394 g/mol. The van der Waals surface area contributed by atoms with Gasteiger partial charge in [0.25, 0.3) is 11.8 Å². The van der Waals surface area contributed by atoms with E-state index in [2.05, 4.69) is 32.6 Å². The molecule has 0 fully saturated rings. The second-order valence-electron chi connectivity index (χ2n) is 8.20. The minimum absolute atomic E-state index is 0.117. The summed E-state index contributed by atoms with van der Waals surface area (Å²) in [6, 6.07) is 11.4. The number of rotatable bonds is 3. The quantitative estimate of drug-likeness (QED) is 0.699. The number of aryl methyl sites for hydroxylation is 3. The number of carbonyl (C=O) groups is 2. The Labute approximate surface area is 180 Å². The fourth-order valence-corrected chi connectivity index (χ4v) is 4.49. The van der Waals surface area contributed by atoms with Crippen LogP contribution >= 0.6 is 0 Å². The SMILES string of the molecule is Cc1cc2n(n1)CC[C@H](NC(=O)c1nc3n(n1)CCCC3c1ccccc1)C(=O)N2C. The summed E-state index contributed by atoms with van der Waals surface area (Å²) in [5.74, 6) is 1.19. The number of hydrogen-bond acceptors (Lipinski definition) is 5. The fraction of sp³-hybridized carbons (Fsp3) is 0.409. The van der Waals surface area contributed by atoms with E-state index in [0.29, 0.717) is 13.0 Å². The van der Waals surface area contributed by atoms with E-state index in [0.717, 1.165) is 36.7 Å². The number of likely N-dealkylation sites (N-methyl/N-ethyl adjacent to an activating group) is 1. The maximum absolute atomic E-state index is 13.0. The molecule has 0 saturated carbocycles. The first-order valence-corrected chi connectivity index (χ1v) is 10.6. The van der Waals surface area contributed by atoms with Crippen LogP contribution in [0.3, 0.4) is 0 Å². The van der Waals surface area contributed by atoms with Crippen LogP contribution < -0.4 is 10.2 Å². The van der Waals surface area contributed by atoms with Crippen molar-refractivity contribution >= 4 is 17.6 Å². The van der Waals surface area contributed by atoms with E-state index >= 15 is 0 Å². The smallest absolute Gasteiger partial charge is 0.291 e. The number of anilines is 1. The molecule has 2 atom stereocenters. The number of nitrogens with one attached hydrogen (secondary N) is 1. The Morgan fingerprint density at radius 2 is 1.90 bits per heavy atom. The Morgan fingerprint density at radius 3 is 2.71 bits per heavy atom. The van der Waals surface area contributed by atoms with Crippen molar-refractivity contribution < 1.29 is 9.59 Å². The normalized spacial score (nSPS) is 20.7. The molecule has 0 saturated heterocycles. The Hall–Kier alpha value is -3.49. The van der Waals surface area contributed by atoms with Crippen LogP contribution in [0.1, 0.15) is 52.9 Å². The van der Waals surface area contributed by atoms with Gasteiger partial charge in [-0.3, -0.25) is 14.5 Å². The van der Waals surface area contributed by atoms with Crippen molar-refractivity contribution in [2.75, 3.05) is 11.9 Å². The summed E-state index contributed by atoms with van der Waals surface area (Å²) < 4.78 is 3.63. The summed E-state index contributed by atoms with van der Waals surface area (Å²) in [4.78, 5) is 32.0. The van der Waals surface area contributed by atoms with Gasteiger partial charge in [0, 0.05) is 32.1 Å². The molecule has 1 N–H and O–H groups in total. The number of nitrogens with zero attached hydrogens (tertiary/aromatic N) is 6. The third-order valence-corrected chi connectivity index (χ3v) is 6.07. The van der Waals surface area contributed by atoms with Crippen molar-refractivity contribution in [2.45, 2.75) is 51.2 Å². The predicted molar refractivity (Wildman–Crippen MR) is 114 cm³/mol. The molecule has 3 aromatic rings. The molecule has 9 nitrogen and oxygen atoms in total. The molecule has 0 radical (unpaired) electrons. The van der Waals surface area contributed by atoms with Crippen molar-refractivity contribution in [3.05, 3.63) is 59.3 Å². The molecule has 0 spiro atoms.